The summed E-state index contributed by atoms with van der Waals surface area (Å²) in [4.78, 5) is 16.0. The zero-order valence-corrected chi connectivity index (χ0v) is 11.4. The fraction of sp³-hybridized carbons (Fsp3) is 0. The zero-order valence-electron chi connectivity index (χ0n) is 10.6. The molecule has 1 aromatic carbocycles. The van der Waals surface area contributed by atoms with Crippen LogP contribution >= 0.6 is 11.6 Å². The second kappa shape index (κ2) is 5.68. The highest BCUT2D eigenvalue weighted by Gasteiger charge is 2.09. The third-order valence-electron chi connectivity index (χ3n) is 2.71. The van der Waals surface area contributed by atoms with Crippen LogP contribution in [-0.4, -0.2) is 31.5 Å². The lowest BCUT2D eigenvalue weighted by molar-refractivity contribution is 0.102. The Morgan fingerprint density at radius 3 is 2.90 bits per heavy atom. The predicted molar refractivity (Wildman–Crippen MR) is 76.8 cm³/mol. The van der Waals surface area contributed by atoms with Gasteiger partial charge in [0.05, 0.1) is 0 Å². The van der Waals surface area contributed by atoms with Gasteiger partial charge in [-0.25, -0.2) is 4.98 Å². The van der Waals surface area contributed by atoms with Gasteiger partial charge in [0.2, 0.25) is 5.82 Å². The first-order valence-electron chi connectivity index (χ1n) is 5.99. The monoisotopic (exact) mass is 300 g/mol. The van der Waals surface area contributed by atoms with Gasteiger partial charge >= 0.3 is 0 Å². The van der Waals surface area contributed by atoms with Crippen molar-refractivity contribution in [2.24, 2.45) is 0 Å². The minimum absolute atomic E-state index is 0.267. The lowest BCUT2D eigenvalue weighted by Gasteiger charge is -2.06. The molecule has 1 amide bonds. The Hall–Kier alpha value is -2.80. The molecule has 2 N–H and O–H groups in total. The fourth-order valence-corrected chi connectivity index (χ4v) is 1.94. The molecule has 104 valence electrons. The van der Waals surface area contributed by atoms with Gasteiger partial charge in [0, 0.05) is 23.0 Å². The van der Waals surface area contributed by atoms with E-state index in [0.717, 1.165) is 5.56 Å². The summed E-state index contributed by atoms with van der Waals surface area (Å²) in [5.41, 5.74) is 1.80. The molecule has 0 aliphatic carbocycles. The Balaban J connectivity index is 1.82. The largest absolute Gasteiger partial charge is 0.322 e. The predicted octanol–water partition coefficient (Wildman–Crippen LogP) is 2.17. The number of H-pyrrole nitrogens is 1. The van der Waals surface area contributed by atoms with E-state index >= 15 is 0 Å². The molecule has 0 aliphatic rings. The summed E-state index contributed by atoms with van der Waals surface area (Å²) in [6.45, 7) is 0. The molecule has 0 aliphatic heterocycles. The Bertz CT molecular complexity index is 774. The van der Waals surface area contributed by atoms with Crippen LogP contribution in [0.25, 0.3) is 11.4 Å². The van der Waals surface area contributed by atoms with Crippen molar-refractivity contribution in [2.75, 3.05) is 5.32 Å². The van der Waals surface area contributed by atoms with E-state index in [1.807, 2.05) is 6.07 Å². The lowest BCUT2D eigenvalue weighted by atomic mass is 10.2. The number of benzene rings is 1. The van der Waals surface area contributed by atoms with Crippen molar-refractivity contribution in [1.29, 1.82) is 0 Å². The maximum absolute atomic E-state index is 12.1. The molecule has 0 fully saturated rings. The molecule has 3 rings (SSSR count). The summed E-state index contributed by atoms with van der Waals surface area (Å²) in [6, 6.07) is 10.2. The lowest BCUT2D eigenvalue weighted by Crippen LogP contribution is -2.12. The zero-order chi connectivity index (χ0) is 14.7. The summed E-state index contributed by atoms with van der Waals surface area (Å²) in [5, 5.41) is 16.7. The van der Waals surface area contributed by atoms with Gasteiger partial charge in [0.25, 0.3) is 5.91 Å². The van der Waals surface area contributed by atoms with Crippen LogP contribution < -0.4 is 5.32 Å². The molecule has 3 aromatic rings. The summed E-state index contributed by atoms with van der Waals surface area (Å²) >= 11 is 5.77. The van der Waals surface area contributed by atoms with Crippen molar-refractivity contribution in [3.05, 3.63) is 53.3 Å². The molecule has 0 atom stereocenters. The third-order valence-corrected chi connectivity index (χ3v) is 2.92. The van der Waals surface area contributed by atoms with Gasteiger partial charge in [-0.05, 0) is 29.5 Å². The molecule has 0 saturated carbocycles. The number of amides is 1. The Morgan fingerprint density at radius 1 is 1.24 bits per heavy atom. The van der Waals surface area contributed by atoms with E-state index in [1.165, 1.54) is 12.3 Å². The Morgan fingerprint density at radius 2 is 2.14 bits per heavy atom. The molecular formula is C13H9ClN6O. The normalized spacial score (nSPS) is 10.3. The molecule has 0 saturated heterocycles. The van der Waals surface area contributed by atoms with Crippen LogP contribution in [0.3, 0.4) is 0 Å². The number of pyridine rings is 1. The molecule has 0 bridgehead atoms. The standard InChI is InChI=1S/C13H9ClN6O/c14-11-7-9(4-5-15-11)13(21)16-10-3-1-2-8(6-10)12-17-19-20-18-12/h1-7H,(H,16,21)(H,17,18,19,20). The number of rotatable bonds is 3. The van der Waals surface area contributed by atoms with Crippen molar-refractivity contribution >= 4 is 23.2 Å². The first-order valence-corrected chi connectivity index (χ1v) is 6.37. The SMILES string of the molecule is O=C(Nc1cccc(-c2nn[nH]n2)c1)c1ccnc(Cl)c1. The first-order chi connectivity index (χ1) is 10.2. The van der Waals surface area contributed by atoms with Gasteiger partial charge in [-0.3, -0.25) is 4.79 Å². The first kappa shape index (κ1) is 13.2. The molecule has 0 unspecified atom stereocenters. The molecule has 2 heterocycles. The molecule has 8 heteroatoms. The minimum atomic E-state index is -0.274. The van der Waals surface area contributed by atoms with Crippen LogP contribution in [0.1, 0.15) is 10.4 Å². The number of anilines is 1. The highest BCUT2D eigenvalue weighted by molar-refractivity contribution is 6.29. The molecule has 0 spiro atoms. The van der Waals surface area contributed by atoms with Crippen LogP contribution in [0.5, 0.6) is 0 Å². The minimum Gasteiger partial charge on any atom is -0.322 e. The topological polar surface area (TPSA) is 96.5 Å². The van der Waals surface area contributed by atoms with Crippen molar-refractivity contribution in [2.45, 2.75) is 0 Å². The number of carbonyl (C=O) groups excluding carboxylic acids is 1. The summed E-state index contributed by atoms with van der Waals surface area (Å²) < 4.78 is 0. The summed E-state index contributed by atoms with van der Waals surface area (Å²) in [7, 11) is 0. The summed E-state index contributed by atoms with van der Waals surface area (Å²) in [5.74, 6) is 0.183. The number of aromatic amines is 1. The van der Waals surface area contributed by atoms with Gasteiger partial charge in [0.1, 0.15) is 5.15 Å². The Labute approximate surface area is 124 Å². The van der Waals surface area contributed by atoms with Crippen molar-refractivity contribution in [1.82, 2.24) is 25.6 Å². The summed E-state index contributed by atoms with van der Waals surface area (Å²) in [6.07, 6.45) is 1.48. The van der Waals surface area contributed by atoms with Crippen LogP contribution in [-0.2, 0) is 0 Å². The van der Waals surface area contributed by atoms with Gasteiger partial charge in [0.15, 0.2) is 0 Å². The average Bonchev–Trinajstić information content (AvgIpc) is 3.02. The van der Waals surface area contributed by atoms with Crippen LogP contribution in [0, 0.1) is 0 Å². The van der Waals surface area contributed by atoms with E-state index < -0.39 is 0 Å². The quantitative estimate of drug-likeness (QED) is 0.723. The number of hydrogen-bond acceptors (Lipinski definition) is 5. The van der Waals surface area contributed by atoms with Gasteiger partial charge in [-0.15, -0.1) is 10.2 Å². The number of nitrogens with zero attached hydrogens (tertiary/aromatic N) is 4. The maximum Gasteiger partial charge on any atom is 0.255 e. The smallest absolute Gasteiger partial charge is 0.255 e. The van der Waals surface area contributed by atoms with Crippen molar-refractivity contribution in [3.8, 4) is 11.4 Å². The molecular weight excluding hydrogens is 292 g/mol. The molecule has 7 nitrogen and oxygen atoms in total. The van der Waals surface area contributed by atoms with Crippen LogP contribution in [0.15, 0.2) is 42.6 Å². The van der Waals surface area contributed by atoms with E-state index in [4.69, 9.17) is 11.6 Å². The van der Waals surface area contributed by atoms with E-state index in [0.29, 0.717) is 17.1 Å². The van der Waals surface area contributed by atoms with Gasteiger partial charge in [-0.1, -0.05) is 23.7 Å². The molecule has 2 aromatic heterocycles. The second-order valence-electron chi connectivity index (χ2n) is 4.14. The van der Waals surface area contributed by atoms with Gasteiger partial charge < -0.3 is 5.32 Å². The highest BCUT2D eigenvalue weighted by atomic mass is 35.5. The van der Waals surface area contributed by atoms with Crippen LogP contribution in [0.4, 0.5) is 5.69 Å². The number of hydrogen-bond donors (Lipinski definition) is 2. The second-order valence-corrected chi connectivity index (χ2v) is 4.52. The van der Waals surface area contributed by atoms with Gasteiger partial charge in [-0.2, -0.15) is 5.21 Å². The Kier molecular flexibility index (Phi) is 3.57. The molecule has 0 radical (unpaired) electrons. The fourth-order valence-electron chi connectivity index (χ4n) is 1.77. The van der Waals surface area contributed by atoms with E-state index in [9.17, 15) is 4.79 Å². The van der Waals surface area contributed by atoms with E-state index in [-0.39, 0.29) is 11.1 Å². The maximum atomic E-state index is 12.1. The van der Waals surface area contributed by atoms with Crippen molar-refractivity contribution < 1.29 is 4.79 Å². The number of aromatic nitrogens is 5. The number of tetrazole rings is 1. The third kappa shape index (κ3) is 3.03. The van der Waals surface area contributed by atoms with Crippen LogP contribution in [0.2, 0.25) is 5.15 Å². The molecule has 21 heavy (non-hydrogen) atoms. The van der Waals surface area contributed by atoms with Crippen molar-refractivity contribution in [3.63, 3.8) is 0 Å². The highest BCUT2D eigenvalue weighted by Crippen LogP contribution is 2.19. The van der Waals surface area contributed by atoms with E-state index in [2.05, 4.69) is 30.9 Å². The van der Waals surface area contributed by atoms with E-state index in [1.54, 1.807) is 24.3 Å². The number of halogens is 1. The average molecular weight is 301 g/mol. The number of carbonyl (C=O) groups is 1. The number of nitrogens with one attached hydrogen (secondary N) is 2.